The molecule has 96 valence electrons. The first-order valence-electron chi connectivity index (χ1n) is 5.14. The monoisotopic (exact) mass is 268 g/mol. The molecule has 0 bridgehead atoms. The summed E-state index contributed by atoms with van der Waals surface area (Å²) in [5.74, 6) is 0.138. The predicted octanol–water partition coefficient (Wildman–Crippen LogP) is 1.04. The summed E-state index contributed by atoms with van der Waals surface area (Å²) in [6.07, 6.45) is 0. The van der Waals surface area contributed by atoms with E-state index in [1.807, 2.05) is 20.0 Å². The van der Waals surface area contributed by atoms with Gasteiger partial charge in [0.05, 0.1) is 7.11 Å². The fourth-order valence-electron chi connectivity index (χ4n) is 1.22. The second-order valence-electron chi connectivity index (χ2n) is 3.53. The van der Waals surface area contributed by atoms with Crippen LogP contribution in [0.1, 0.15) is 5.69 Å². The molecule has 0 spiro atoms. The van der Waals surface area contributed by atoms with Gasteiger partial charge in [-0.25, -0.2) is 0 Å². The molecular formula is C10H12N4O3S. The molecule has 0 aliphatic heterocycles. The molecule has 0 amide bonds. The van der Waals surface area contributed by atoms with E-state index in [1.54, 1.807) is 4.68 Å². The quantitative estimate of drug-likeness (QED) is 0.605. The van der Waals surface area contributed by atoms with E-state index >= 15 is 0 Å². The Hall–Kier alpha value is -1.83. The molecule has 18 heavy (non-hydrogen) atoms. The van der Waals surface area contributed by atoms with Crippen LogP contribution < -0.4 is 0 Å². The number of aryl methyl sites for hydroxylation is 2. The lowest BCUT2D eigenvalue weighted by molar-refractivity contribution is -0.137. The van der Waals surface area contributed by atoms with Crippen LogP contribution in [0.15, 0.2) is 15.7 Å². The predicted molar refractivity (Wildman–Crippen MR) is 64.0 cm³/mol. The summed E-state index contributed by atoms with van der Waals surface area (Å²) in [5, 5.41) is 12.2. The normalized spacial score (nSPS) is 10.6. The molecule has 0 saturated carbocycles. The van der Waals surface area contributed by atoms with Crippen LogP contribution in [0.2, 0.25) is 0 Å². The molecule has 0 aliphatic rings. The van der Waals surface area contributed by atoms with Crippen molar-refractivity contribution in [3.63, 3.8) is 0 Å². The largest absolute Gasteiger partial charge is 0.468 e. The van der Waals surface area contributed by atoms with Gasteiger partial charge in [0.1, 0.15) is 11.4 Å². The van der Waals surface area contributed by atoms with Crippen LogP contribution in [-0.4, -0.2) is 38.8 Å². The first kappa shape index (κ1) is 12.6. The van der Waals surface area contributed by atoms with Crippen LogP contribution >= 0.6 is 11.8 Å². The first-order valence-corrected chi connectivity index (χ1v) is 6.13. The van der Waals surface area contributed by atoms with Crippen molar-refractivity contribution >= 4 is 17.7 Å². The van der Waals surface area contributed by atoms with Crippen LogP contribution in [0.5, 0.6) is 0 Å². The lowest BCUT2D eigenvalue weighted by Crippen LogP contribution is -2.02. The second-order valence-corrected chi connectivity index (χ2v) is 4.46. The van der Waals surface area contributed by atoms with Crippen molar-refractivity contribution in [2.75, 3.05) is 12.9 Å². The third-order valence-corrected chi connectivity index (χ3v) is 3.07. The minimum absolute atomic E-state index is 0.138. The third-order valence-electron chi connectivity index (χ3n) is 2.28. The molecule has 7 nitrogen and oxygen atoms in total. The smallest absolute Gasteiger partial charge is 0.316 e. The third kappa shape index (κ3) is 2.70. The van der Waals surface area contributed by atoms with Gasteiger partial charge >= 0.3 is 5.97 Å². The molecule has 0 N–H and O–H groups in total. The van der Waals surface area contributed by atoms with E-state index < -0.39 is 0 Å². The zero-order chi connectivity index (χ0) is 13.1. The fourth-order valence-corrected chi connectivity index (χ4v) is 1.81. The van der Waals surface area contributed by atoms with Crippen LogP contribution in [0.3, 0.4) is 0 Å². The van der Waals surface area contributed by atoms with Gasteiger partial charge in [0, 0.05) is 12.7 Å². The second kappa shape index (κ2) is 5.21. The van der Waals surface area contributed by atoms with Crippen molar-refractivity contribution < 1.29 is 13.9 Å². The summed E-state index contributed by atoms with van der Waals surface area (Å²) >= 11 is 1.13. The Morgan fingerprint density at radius 2 is 2.33 bits per heavy atom. The number of methoxy groups -OCH3 is 1. The Balaban J connectivity index is 2.08. The van der Waals surface area contributed by atoms with E-state index in [4.69, 9.17) is 4.42 Å². The number of aromatic nitrogens is 4. The molecule has 0 atom stereocenters. The van der Waals surface area contributed by atoms with Crippen molar-refractivity contribution in [1.82, 2.24) is 20.0 Å². The van der Waals surface area contributed by atoms with Crippen LogP contribution in [-0.2, 0) is 16.6 Å². The topological polar surface area (TPSA) is 83.0 Å². The Morgan fingerprint density at radius 1 is 1.56 bits per heavy atom. The number of carbonyl (C=O) groups is 1. The lowest BCUT2D eigenvalue weighted by atomic mass is 10.4. The van der Waals surface area contributed by atoms with Gasteiger partial charge in [-0.1, -0.05) is 11.8 Å². The summed E-state index contributed by atoms with van der Waals surface area (Å²) in [6, 6.07) is 1.85. The summed E-state index contributed by atoms with van der Waals surface area (Å²) in [7, 11) is 3.17. The van der Waals surface area contributed by atoms with E-state index in [1.165, 1.54) is 7.11 Å². The SMILES string of the molecule is COC(=O)CSc1nnc(-c2cc(C)n(C)n2)o1. The summed E-state index contributed by atoms with van der Waals surface area (Å²) in [4.78, 5) is 11.0. The Labute approximate surface area is 108 Å². The number of carbonyl (C=O) groups excluding carboxylic acids is 1. The average molecular weight is 268 g/mol. The molecule has 2 rings (SSSR count). The highest BCUT2D eigenvalue weighted by molar-refractivity contribution is 7.99. The highest BCUT2D eigenvalue weighted by Gasteiger charge is 2.14. The number of hydrogen-bond donors (Lipinski definition) is 0. The van der Waals surface area contributed by atoms with Gasteiger partial charge in [-0.3, -0.25) is 9.48 Å². The van der Waals surface area contributed by atoms with E-state index in [9.17, 15) is 4.79 Å². The average Bonchev–Trinajstić information content (AvgIpc) is 2.94. The van der Waals surface area contributed by atoms with Crippen LogP contribution in [0.4, 0.5) is 0 Å². The highest BCUT2D eigenvalue weighted by Crippen LogP contribution is 2.22. The molecule has 0 aromatic carbocycles. The number of thioether (sulfide) groups is 1. The maximum Gasteiger partial charge on any atom is 0.316 e. The van der Waals surface area contributed by atoms with Gasteiger partial charge in [-0.2, -0.15) is 5.10 Å². The molecule has 2 heterocycles. The molecule has 0 aliphatic carbocycles. The molecule has 8 heteroatoms. The van der Waals surface area contributed by atoms with Gasteiger partial charge in [-0.05, 0) is 13.0 Å². The first-order chi connectivity index (χ1) is 8.60. The molecule has 0 fully saturated rings. The maximum atomic E-state index is 11.0. The molecule has 0 saturated heterocycles. The Bertz CT molecular complexity index is 544. The zero-order valence-electron chi connectivity index (χ0n) is 10.2. The Morgan fingerprint density at radius 3 is 2.94 bits per heavy atom. The van der Waals surface area contributed by atoms with Crippen LogP contribution in [0.25, 0.3) is 11.6 Å². The van der Waals surface area contributed by atoms with Gasteiger partial charge in [-0.15, -0.1) is 10.2 Å². The number of rotatable bonds is 4. The Kier molecular flexibility index (Phi) is 3.66. The van der Waals surface area contributed by atoms with E-state index in [0.29, 0.717) is 16.8 Å². The van der Waals surface area contributed by atoms with Crippen molar-refractivity contribution in [3.05, 3.63) is 11.8 Å². The van der Waals surface area contributed by atoms with Gasteiger partial charge in [0.15, 0.2) is 0 Å². The van der Waals surface area contributed by atoms with Crippen molar-refractivity contribution in [2.24, 2.45) is 7.05 Å². The van der Waals surface area contributed by atoms with Crippen molar-refractivity contribution in [3.8, 4) is 11.6 Å². The van der Waals surface area contributed by atoms with E-state index in [2.05, 4.69) is 20.0 Å². The summed E-state index contributed by atoms with van der Waals surface area (Å²) in [6.45, 7) is 1.93. The molecule has 0 unspecified atom stereocenters. The van der Waals surface area contributed by atoms with E-state index in [0.717, 1.165) is 17.5 Å². The standard InChI is InChI=1S/C10H12N4O3S/c1-6-4-7(13-14(6)2)9-11-12-10(17-9)18-5-8(15)16-3/h4H,5H2,1-3H3. The zero-order valence-corrected chi connectivity index (χ0v) is 11.0. The van der Waals surface area contributed by atoms with Gasteiger partial charge < -0.3 is 9.15 Å². The van der Waals surface area contributed by atoms with E-state index in [-0.39, 0.29) is 11.7 Å². The van der Waals surface area contributed by atoms with Crippen LogP contribution in [0, 0.1) is 6.92 Å². The molecular weight excluding hydrogens is 256 g/mol. The van der Waals surface area contributed by atoms with Gasteiger partial charge in [0.25, 0.3) is 11.1 Å². The summed E-state index contributed by atoms with van der Waals surface area (Å²) in [5.41, 5.74) is 1.61. The molecule has 0 radical (unpaired) electrons. The molecule has 2 aromatic rings. The fraction of sp³-hybridized carbons (Fsp3) is 0.400. The molecule has 2 aromatic heterocycles. The summed E-state index contributed by atoms with van der Waals surface area (Å²) < 4.78 is 11.6. The lowest BCUT2D eigenvalue weighted by Gasteiger charge is -1.93. The van der Waals surface area contributed by atoms with Gasteiger partial charge in [0.2, 0.25) is 0 Å². The number of nitrogens with zero attached hydrogens (tertiary/aromatic N) is 4. The number of ether oxygens (including phenoxy) is 1. The number of esters is 1. The maximum absolute atomic E-state index is 11.0. The minimum atomic E-state index is -0.339. The highest BCUT2D eigenvalue weighted by atomic mass is 32.2. The minimum Gasteiger partial charge on any atom is -0.468 e. The number of hydrogen-bond acceptors (Lipinski definition) is 7. The van der Waals surface area contributed by atoms with Crippen molar-refractivity contribution in [2.45, 2.75) is 12.1 Å². The van der Waals surface area contributed by atoms with Crippen molar-refractivity contribution in [1.29, 1.82) is 0 Å².